The number of rotatable bonds is 6. The van der Waals surface area contributed by atoms with E-state index in [1.807, 2.05) is 38.1 Å². The number of nitrogens with one attached hydrogen (secondary N) is 1. The van der Waals surface area contributed by atoms with Crippen LogP contribution in [0, 0.1) is 12.8 Å². The molecule has 1 N–H and O–H groups in total. The minimum atomic E-state index is -3.38. The molecule has 6 heteroatoms. The molecule has 4 rings (SSSR count). The largest absolute Gasteiger partial charge is 0.349 e. The van der Waals surface area contributed by atoms with E-state index < -0.39 is 10.0 Å². The van der Waals surface area contributed by atoms with Gasteiger partial charge in [-0.15, -0.1) is 0 Å². The standard InChI is InChI=1S/C26H34N2O3S/c1-19-7-3-4-10-25(19)18-32(30,31)28-15-13-22(14-16-28)26(29)27-20(2)23-12-11-21-8-5-6-9-24(21)17-23/h3-4,7,10-12,17,20,22H,5-6,8-9,13-16,18H2,1-2H3,(H,27,29)/t20-/m1/s1. The number of carbonyl (C=O) groups is 1. The van der Waals surface area contributed by atoms with Crippen LogP contribution in [0.4, 0.5) is 0 Å². The third kappa shape index (κ3) is 5.24. The number of amides is 1. The molecule has 0 aromatic heterocycles. The molecule has 1 aliphatic carbocycles. The van der Waals surface area contributed by atoms with Gasteiger partial charge in [0.25, 0.3) is 0 Å². The van der Waals surface area contributed by atoms with E-state index in [1.165, 1.54) is 24.0 Å². The molecule has 2 aromatic carbocycles. The van der Waals surface area contributed by atoms with E-state index in [-0.39, 0.29) is 23.6 Å². The van der Waals surface area contributed by atoms with Crippen LogP contribution < -0.4 is 5.32 Å². The Morgan fingerprint density at radius 3 is 2.47 bits per heavy atom. The zero-order valence-electron chi connectivity index (χ0n) is 19.1. The van der Waals surface area contributed by atoms with E-state index in [0.717, 1.165) is 29.5 Å². The van der Waals surface area contributed by atoms with Gasteiger partial charge in [-0.1, -0.05) is 42.5 Å². The summed E-state index contributed by atoms with van der Waals surface area (Å²) < 4.78 is 27.3. The molecule has 172 valence electrons. The summed E-state index contributed by atoms with van der Waals surface area (Å²) >= 11 is 0. The Balaban J connectivity index is 1.32. The van der Waals surface area contributed by atoms with E-state index >= 15 is 0 Å². The molecule has 1 atom stereocenters. The van der Waals surface area contributed by atoms with Crippen molar-refractivity contribution in [2.24, 2.45) is 5.92 Å². The summed E-state index contributed by atoms with van der Waals surface area (Å²) in [5, 5.41) is 3.17. The Labute approximate surface area is 192 Å². The quantitative estimate of drug-likeness (QED) is 0.708. The molecular weight excluding hydrogens is 420 g/mol. The van der Waals surface area contributed by atoms with Gasteiger partial charge in [0.2, 0.25) is 15.9 Å². The van der Waals surface area contributed by atoms with Crippen LogP contribution in [0.25, 0.3) is 0 Å². The fourth-order valence-corrected chi connectivity index (χ4v) is 6.56. The highest BCUT2D eigenvalue weighted by Gasteiger charge is 2.32. The van der Waals surface area contributed by atoms with Gasteiger partial charge in [0.05, 0.1) is 11.8 Å². The van der Waals surface area contributed by atoms with E-state index in [2.05, 4.69) is 23.5 Å². The first-order chi connectivity index (χ1) is 15.3. The van der Waals surface area contributed by atoms with Crippen molar-refractivity contribution in [1.29, 1.82) is 0 Å². The number of hydrogen-bond acceptors (Lipinski definition) is 3. The van der Waals surface area contributed by atoms with Gasteiger partial charge in [-0.3, -0.25) is 4.79 Å². The zero-order valence-corrected chi connectivity index (χ0v) is 20.0. The van der Waals surface area contributed by atoms with Crippen LogP contribution >= 0.6 is 0 Å². The molecule has 2 aromatic rings. The minimum absolute atomic E-state index is 0.0197. The fourth-order valence-electron chi connectivity index (χ4n) is 4.89. The fraction of sp³-hybridized carbons (Fsp3) is 0.500. The van der Waals surface area contributed by atoms with Gasteiger partial charge in [-0.25, -0.2) is 12.7 Å². The summed E-state index contributed by atoms with van der Waals surface area (Å²) in [6, 6.07) is 14.2. The molecule has 1 fully saturated rings. The lowest BCUT2D eigenvalue weighted by Crippen LogP contribution is -2.43. The maximum atomic E-state index is 12.9. The predicted molar refractivity (Wildman–Crippen MR) is 128 cm³/mol. The lowest BCUT2D eigenvalue weighted by atomic mass is 9.89. The van der Waals surface area contributed by atoms with Gasteiger partial charge in [-0.2, -0.15) is 0 Å². The highest BCUT2D eigenvalue weighted by Crippen LogP contribution is 2.26. The Bertz CT molecular complexity index is 1070. The molecule has 1 heterocycles. The zero-order chi connectivity index (χ0) is 22.7. The van der Waals surface area contributed by atoms with Gasteiger partial charge in [0.1, 0.15) is 0 Å². The van der Waals surface area contributed by atoms with E-state index in [9.17, 15) is 13.2 Å². The summed E-state index contributed by atoms with van der Waals surface area (Å²) in [5.41, 5.74) is 5.84. The lowest BCUT2D eigenvalue weighted by Gasteiger charge is -2.31. The highest BCUT2D eigenvalue weighted by molar-refractivity contribution is 7.88. The molecule has 5 nitrogen and oxygen atoms in total. The first-order valence-corrected chi connectivity index (χ1v) is 13.4. The average Bonchev–Trinajstić information content (AvgIpc) is 2.80. The van der Waals surface area contributed by atoms with Crippen LogP contribution in [-0.4, -0.2) is 31.7 Å². The molecule has 32 heavy (non-hydrogen) atoms. The molecule has 0 radical (unpaired) electrons. The Kier molecular flexibility index (Phi) is 7.01. The van der Waals surface area contributed by atoms with Crippen LogP contribution in [0.2, 0.25) is 0 Å². The molecule has 1 aliphatic heterocycles. The van der Waals surface area contributed by atoms with Gasteiger partial charge in [-0.05, 0) is 80.2 Å². The summed E-state index contributed by atoms with van der Waals surface area (Å²) in [7, 11) is -3.38. The third-order valence-electron chi connectivity index (χ3n) is 7.05. The van der Waals surface area contributed by atoms with Crippen molar-refractivity contribution in [3.63, 3.8) is 0 Å². The summed E-state index contributed by atoms with van der Waals surface area (Å²) in [6.07, 6.45) is 5.91. The van der Waals surface area contributed by atoms with Crippen molar-refractivity contribution in [3.05, 3.63) is 70.3 Å². The molecular formula is C26H34N2O3S. The van der Waals surface area contributed by atoms with Gasteiger partial charge >= 0.3 is 0 Å². The van der Waals surface area contributed by atoms with Crippen molar-refractivity contribution in [2.75, 3.05) is 13.1 Å². The second kappa shape index (κ2) is 9.75. The molecule has 0 unspecified atom stereocenters. The maximum Gasteiger partial charge on any atom is 0.223 e. The number of nitrogens with zero attached hydrogens (tertiary/aromatic N) is 1. The van der Waals surface area contributed by atoms with Crippen LogP contribution in [0.15, 0.2) is 42.5 Å². The first-order valence-electron chi connectivity index (χ1n) is 11.8. The monoisotopic (exact) mass is 454 g/mol. The van der Waals surface area contributed by atoms with E-state index in [1.54, 1.807) is 4.31 Å². The Morgan fingerprint density at radius 2 is 1.75 bits per heavy atom. The van der Waals surface area contributed by atoms with Crippen molar-refractivity contribution in [2.45, 2.75) is 64.2 Å². The normalized spacial score (nSPS) is 18.7. The summed E-state index contributed by atoms with van der Waals surface area (Å²) in [5.74, 6) is -0.0857. The SMILES string of the molecule is Cc1ccccc1CS(=O)(=O)N1CCC(C(=O)N[C@H](C)c2ccc3c(c2)CCCC3)CC1. The second-order valence-corrected chi connectivity index (χ2v) is 11.3. The maximum absolute atomic E-state index is 12.9. The molecule has 0 saturated carbocycles. The van der Waals surface area contributed by atoms with Crippen molar-refractivity contribution >= 4 is 15.9 Å². The number of sulfonamides is 1. The first kappa shape index (κ1) is 23.0. The number of benzene rings is 2. The highest BCUT2D eigenvalue weighted by atomic mass is 32.2. The van der Waals surface area contributed by atoms with Crippen LogP contribution in [-0.2, 0) is 33.4 Å². The molecule has 0 spiro atoms. The third-order valence-corrected chi connectivity index (χ3v) is 8.88. The van der Waals surface area contributed by atoms with Gasteiger partial charge < -0.3 is 5.32 Å². The number of carbonyl (C=O) groups excluding carboxylic acids is 1. The number of fused-ring (bicyclic) bond motifs is 1. The minimum Gasteiger partial charge on any atom is -0.349 e. The van der Waals surface area contributed by atoms with Crippen LogP contribution in [0.1, 0.15) is 66.5 Å². The van der Waals surface area contributed by atoms with Gasteiger partial charge in [0.15, 0.2) is 0 Å². The van der Waals surface area contributed by atoms with Crippen molar-refractivity contribution < 1.29 is 13.2 Å². The van der Waals surface area contributed by atoms with Gasteiger partial charge in [0, 0.05) is 19.0 Å². The Morgan fingerprint density at radius 1 is 1.06 bits per heavy atom. The summed E-state index contributed by atoms with van der Waals surface area (Å²) in [6.45, 7) is 4.77. The predicted octanol–water partition coefficient (Wildman–Crippen LogP) is 4.29. The van der Waals surface area contributed by atoms with Crippen LogP contribution in [0.3, 0.4) is 0 Å². The second-order valence-electron chi connectivity index (χ2n) is 9.32. The van der Waals surface area contributed by atoms with Crippen molar-refractivity contribution in [1.82, 2.24) is 9.62 Å². The van der Waals surface area contributed by atoms with Crippen molar-refractivity contribution in [3.8, 4) is 0 Å². The Hall–Kier alpha value is -2.18. The smallest absolute Gasteiger partial charge is 0.223 e. The number of piperidine rings is 1. The van der Waals surface area contributed by atoms with E-state index in [0.29, 0.717) is 25.9 Å². The molecule has 0 bridgehead atoms. The average molecular weight is 455 g/mol. The lowest BCUT2D eigenvalue weighted by molar-refractivity contribution is -0.126. The number of aryl methyl sites for hydroxylation is 3. The summed E-state index contributed by atoms with van der Waals surface area (Å²) in [4.78, 5) is 12.9. The topological polar surface area (TPSA) is 66.5 Å². The molecule has 2 aliphatic rings. The molecule has 1 saturated heterocycles. The number of hydrogen-bond donors (Lipinski definition) is 1. The van der Waals surface area contributed by atoms with E-state index in [4.69, 9.17) is 0 Å². The molecule has 1 amide bonds. The van der Waals surface area contributed by atoms with Crippen LogP contribution in [0.5, 0.6) is 0 Å².